The van der Waals surface area contributed by atoms with E-state index >= 15 is 0 Å². The molecule has 24 heavy (non-hydrogen) atoms. The molecule has 2 heterocycles. The highest BCUT2D eigenvalue weighted by Gasteiger charge is 2.30. The second kappa shape index (κ2) is 7.36. The van der Waals surface area contributed by atoms with E-state index < -0.39 is 0 Å². The molecule has 5 nitrogen and oxygen atoms in total. The number of hydrogen-bond donors (Lipinski definition) is 3. The number of aromatic amines is 1. The molecule has 1 aromatic carbocycles. The number of fused-ring (bicyclic) bond motifs is 1. The third-order valence-electron chi connectivity index (χ3n) is 4.30. The minimum absolute atomic E-state index is 0. The number of carbonyl (C=O) groups is 1. The van der Waals surface area contributed by atoms with E-state index in [9.17, 15) is 4.79 Å². The Morgan fingerprint density at radius 1 is 1.25 bits per heavy atom. The van der Waals surface area contributed by atoms with Crippen LogP contribution in [0.15, 0.2) is 30.3 Å². The summed E-state index contributed by atoms with van der Waals surface area (Å²) in [5.74, 6) is -0.116. The van der Waals surface area contributed by atoms with Crippen LogP contribution >= 0.6 is 12.4 Å². The molecule has 1 atom stereocenters. The first-order chi connectivity index (χ1) is 11.0. The van der Waals surface area contributed by atoms with Crippen LogP contribution in [-0.2, 0) is 13.0 Å². The van der Waals surface area contributed by atoms with Gasteiger partial charge in [0.2, 0.25) is 0 Å². The standard InChI is InChI=1S/C18H24N4O.ClH/c1-18(2,3)16(12-7-5-4-6-8-12)20-17(23)15-13-11-19-10-9-14(13)21-22-15;/h4-8,16,19H,9-11H2,1-3H3,(H,20,23)(H,21,22);1H. The first-order valence-electron chi connectivity index (χ1n) is 8.09. The van der Waals surface area contributed by atoms with Gasteiger partial charge in [0, 0.05) is 30.8 Å². The van der Waals surface area contributed by atoms with Crippen molar-refractivity contribution in [3.63, 3.8) is 0 Å². The maximum Gasteiger partial charge on any atom is 0.272 e. The Hall–Kier alpha value is -1.85. The second-order valence-corrected chi connectivity index (χ2v) is 7.14. The molecule has 0 fully saturated rings. The highest BCUT2D eigenvalue weighted by molar-refractivity contribution is 5.94. The fourth-order valence-corrected chi connectivity index (χ4v) is 3.06. The number of aromatic nitrogens is 2. The number of amides is 1. The quantitative estimate of drug-likeness (QED) is 0.798. The summed E-state index contributed by atoms with van der Waals surface area (Å²) >= 11 is 0. The maximum atomic E-state index is 12.8. The van der Waals surface area contributed by atoms with Crippen LogP contribution in [0.3, 0.4) is 0 Å². The van der Waals surface area contributed by atoms with E-state index in [2.05, 4.69) is 53.7 Å². The van der Waals surface area contributed by atoms with Crippen LogP contribution in [0.25, 0.3) is 0 Å². The fraction of sp³-hybridized carbons (Fsp3) is 0.444. The second-order valence-electron chi connectivity index (χ2n) is 7.14. The number of H-pyrrole nitrogens is 1. The first kappa shape index (κ1) is 18.5. The van der Waals surface area contributed by atoms with E-state index in [0.29, 0.717) is 12.2 Å². The topological polar surface area (TPSA) is 69.8 Å². The Bertz CT molecular complexity index is 691. The monoisotopic (exact) mass is 348 g/mol. The molecule has 0 bridgehead atoms. The van der Waals surface area contributed by atoms with E-state index in [4.69, 9.17) is 0 Å². The Kier molecular flexibility index (Phi) is 5.67. The van der Waals surface area contributed by atoms with Crippen molar-refractivity contribution in [1.29, 1.82) is 0 Å². The molecule has 1 aliphatic rings. The predicted octanol–water partition coefficient (Wildman–Crippen LogP) is 2.99. The van der Waals surface area contributed by atoms with E-state index in [1.807, 2.05) is 18.2 Å². The molecule has 2 aromatic rings. The van der Waals surface area contributed by atoms with E-state index in [0.717, 1.165) is 29.8 Å². The lowest BCUT2D eigenvalue weighted by atomic mass is 9.82. The third kappa shape index (κ3) is 3.79. The molecule has 0 radical (unpaired) electrons. The zero-order valence-electron chi connectivity index (χ0n) is 14.3. The lowest BCUT2D eigenvalue weighted by Crippen LogP contribution is -2.37. The number of rotatable bonds is 3. The van der Waals surface area contributed by atoms with Gasteiger partial charge >= 0.3 is 0 Å². The summed E-state index contributed by atoms with van der Waals surface area (Å²) < 4.78 is 0. The van der Waals surface area contributed by atoms with Gasteiger partial charge in [-0.3, -0.25) is 9.89 Å². The van der Waals surface area contributed by atoms with Crippen LogP contribution in [-0.4, -0.2) is 22.6 Å². The number of benzene rings is 1. The average molecular weight is 349 g/mol. The summed E-state index contributed by atoms with van der Waals surface area (Å²) in [6.07, 6.45) is 0.886. The molecule has 1 aromatic heterocycles. The number of nitrogens with one attached hydrogen (secondary N) is 3. The van der Waals surface area contributed by atoms with Crippen LogP contribution in [0.2, 0.25) is 0 Å². The minimum Gasteiger partial charge on any atom is -0.343 e. The number of carbonyl (C=O) groups excluding carboxylic acids is 1. The van der Waals surface area contributed by atoms with Crippen molar-refractivity contribution in [1.82, 2.24) is 20.8 Å². The lowest BCUT2D eigenvalue weighted by molar-refractivity contribution is 0.0895. The van der Waals surface area contributed by atoms with Crippen molar-refractivity contribution >= 4 is 18.3 Å². The predicted molar refractivity (Wildman–Crippen MR) is 97.4 cm³/mol. The summed E-state index contributed by atoms with van der Waals surface area (Å²) in [5.41, 5.74) is 3.59. The third-order valence-corrected chi connectivity index (χ3v) is 4.30. The molecule has 130 valence electrons. The van der Waals surface area contributed by atoms with Gasteiger partial charge in [0.05, 0.1) is 6.04 Å². The Balaban J connectivity index is 0.00000208. The van der Waals surface area contributed by atoms with Crippen molar-refractivity contribution in [2.24, 2.45) is 5.41 Å². The summed E-state index contributed by atoms with van der Waals surface area (Å²) in [5, 5.41) is 13.7. The molecular formula is C18H25ClN4O. The van der Waals surface area contributed by atoms with Gasteiger partial charge in [-0.1, -0.05) is 51.1 Å². The summed E-state index contributed by atoms with van der Waals surface area (Å²) in [4.78, 5) is 12.8. The maximum absolute atomic E-state index is 12.8. The normalized spacial score (nSPS) is 15.1. The lowest BCUT2D eigenvalue weighted by Gasteiger charge is -2.32. The molecule has 1 aliphatic heterocycles. The van der Waals surface area contributed by atoms with Gasteiger partial charge in [0.1, 0.15) is 0 Å². The summed E-state index contributed by atoms with van der Waals surface area (Å²) in [7, 11) is 0. The molecule has 3 rings (SSSR count). The molecule has 1 amide bonds. The van der Waals surface area contributed by atoms with Crippen LogP contribution in [0.4, 0.5) is 0 Å². The van der Waals surface area contributed by atoms with Gasteiger partial charge in [0.15, 0.2) is 5.69 Å². The molecule has 0 saturated carbocycles. The fourth-order valence-electron chi connectivity index (χ4n) is 3.06. The highest BCUT2D eigenvalue weighted by Crippen LogP contribution is 2.33. The summed E-state index contributed by atoms with van der Waals surface area (Å²) in [6, 6.07) is 10.0. The van der Waals surface area contributed by atoms with Gasteiger partial charge in [-0.15, -0.1) is 12.4 Å². The van der Waals surface area contributed by atoms with E-state index in [1.165, 1.54) is 0 Å². The minimum atomic E-state index is -0.116. The zero-order valence-corrected chi connectivity index (χ0v) is 15.2. The van der Waals surface area contributed by atoms with Crippen LogP contribution < -0.4 is 10.6 Å². The molecule has 3 N–H and O–H groups in total. The Labute approximate surface area is 149 Å². The molecule has 6 heteroatoms. The van der Waals surface area contributed by atoms with E-state index in [1.54, 1.807) is 0 Å². The SMILES string of the molecule is CC(C)(C)C(NC(=O)c1n[nH]c2c1CNCC2)c1ccccc1.Cl. The molecule has 0 aliphatic carbocycles. The first-order valence-corrected chi connectivity index (χ1v) is 8.09. The van der Waals surface area contributed by atoms with Gasteiger partial charge in [0.25, 0.3) is 5.91 Å². The summed E-state index contributed by atoms with van der Waals surface area (Å²) in [6.45, 7) is 8.01. The van der Waals surface area contributed by atoms with Gasteiger partial charge in [-0.25, -0.2) is 0 Å². The van der Waals surface area contributed by atoms with Gasteiger partial charge in [-0.2, -0.15) is 5.10 Å². The van der Waals surface area contributed by atoms with E-state index in [-0.39, 0.29) is 29.8 Å². The van der Waals surface area contributed by atoms with Crippen LogP contribution in [0, 0.1) is 5.41 Å². The Morgan fingerprint density at radius 3 is 2.62 bits per heavy atom. The Morgan fingerprint density at radius 2 is 1.96 bits per heavy atom. The van der Waals surface area contributed by atoms with Crippen LogP contribution in [0.5, 0.6) is 0 Å². The largest absolute Gasteiger partial charge is 0.343 e. The average Bonchev–Trinajstić information content (AvgIpc) is 2.96. The van der Waals surface area contributed by atoms with Crippen molar-refractivity contribution in [3.05, 3.63) is 52.8 Å². The molecule has 0 saturated heterocycles. The van der Waals surface area contributed by atoms with Crippen molar-refractivity contribution < 1.29 is 4.79 Å². The van der Waals surface area contributed by atoms with Crippen LogP contribution in [0.1, 0.15) is 54.1 Å². The highest BCUT2D eigenvalue weighted by atomic mass is 35.5. The van der Waals surface area contributed by atoms with Crippen molar-refractivity contribution in [2.45, 2.75) is 39.8 Å². The zero-order chi connectivity index (χ0) is 16.4. The van der Waals surface area contributed by atoms with Crippen molar-refractivity contribution in [3.8, 4) is 0 Å². The number of hydrogen-bond acceptors (Lipinski definition) is 3. The molecule has 1 unspecified atom stereocenters. The smallest absolute Gasteiger partial charge is 0.272 e. The van der Waals surface area contributed by atoms with Gasteiger partial charge in [-0.05, 0) is 11.0 Å². The van der Waals surface area contributed by atoms with Crippen molar-refractivity contribution in [2.75, 3.05) is 6.54 Å². The molecule has 0 spiro atoms. The van der Waals surface area contributed by atoms with Gasteiger partial charge < -0.3 is 10.6 Å². The number of halogens is 1. The molecular weight excluding hydrogens is 324 g/mol. The number of nitrogens with zero attached hydrogens (tertiary/aromatic N) is 1.